The molecule has 33 heavy (non-hydrogen) atoms. The molecule has 0 spiro atoms. The molecule has 0 aliphatic carbocycles. The molecule has 9 heteroatoms. The monoisotopic (exact) mass is 456 g/mol. The number of carbonyl (C=O) groups excluding carboxylic acids is 2. The second kappa shape index (κ2) is 11.6. The highest BCUT2D eigenvalue weighted by Crippen LogP contribution is 2.21. The van der Waals surface area contributed by atoms with Crippen molar-refractivity contribution >= 4 is 11.9 Å². The van der Waals surface area contributed by atoms with E-state index in [1.807, 2.05) is 31.2 Å². The summed E-state index contributed by atoms with van der Waals surface area (Å²) >= 11 is 0. The van der Waals surface area contributed by atoms with E-state index >= 15 is 0 Å². The summed E-state index contributed by atoms with van der Waals surface area (Å²) in [6.07, 6.45) is 2.61. The van der Waals surface area contributed by atoms with Crippen LogP contribution in [0.1, 0.15) is 52.1 Å². The van der Waals surface area contributed by atoms with Crippen LogP contribution in [0.15, 0.2) is 29.1 Å². The maximum absolute atomic E-state index is 12.5. The molecule has 1 unspecified atom stereocenters. The van der Waals surface area contributed by atoms with Gasteiger partial charge in [-0.2, -0.15) is 0 Å². The summed E-state index contributed by atoms with van der Waals surface area (Å²) in [5, 5.41) is 8.19. The molecule has 1 saturated heterocycles. The Morgan fingerprint density at radius 1 is 1.15 bits per heavy atom. The van der Waals surface area contributed by atoms with E-state index in [0.29, 0.717) is 38.4 Å². The number of ether oxygens (including phenoxy) is 2. The average molecular weight is 457 g/mol. The van der Waals surface area contributed by atoms with E-state index in [4.69, 9.17) is 9.47 Å². The van der Waals surface area contributed by atoms with E-state index in [0.717, 1.165) is 17.7 Å². The van der Waals surface area contributed by atoms with Crippen molar-refractivity contribution < 1.29 is 19.1 Å². The van der Waals surface area contributed by atoms with Crippen LogP contribution in [0.3, 0.4) is 0 Å². The van der Waals surface area contributed by atoms with Gasteiger partial charge in [0.25, 0.3) is 5.56 Å². The molecule has 1 N–H and O–H groups in total. The third-order valence-electron chi connectivity index (χ3n) is 5.85. The lowest BCUT2D eigenvalue weighted by molar-refractivity contribution is -0.151. The van der Waals surface area contributed by atoms with Crippen LogP contribution in [0.25, 0.3) is 11.4 Å². The number of amides is 1. The molecule has 178 valence electrons. The number of benzene rings is 1. The number of hydrogen-bond acceptors (Lipinski definition) is 7. The zero-order chi connectivity index (χ0) is 23.8. The molecule has 1 aromatic heterocycles. The van der Waals surface area contributed by atoms with E-state index in [-0.39, 0.29) is 48.0 Å². The molecule has 1 aliphatic rings. The van der Waals surface area contributed by atoms with Crippen molar-refractivity contribution in [1.82, 2.24) is 20.1 Å². The first-order chi connectivity index (χ1) is 15.9. The molecule has 2 heterocycles. The lowest BCUT2D eigenvalue weighted by atomic mass is 9.96. The number of aryl methyl sites for hydroxylation is 1. The van der Waals surface area contributed by atoms with Gasteiger partial charge in [-0.15, -0.1) is 10.2 Å². The topological polar surface area (TPSA) is 114 Å². The number of likely N-dealkylation sites (tertiary alicyclic amines) is 1. The minimum Gasteiger partial charge on any atom is -0.491 e. The summed E-state index contributed by atoms with van der Waals surface area (Å²) in [5.74, 6) is 0.727. The third-order valence-corrected chi connectivity index (χ3v) is 5.85. The standard InChI is InChI=1S/C24H32N4O5/c1-4-16(3)33-19-8-6-17(7-9-19)22-25-23(30)20(26-27-22)10-11-21(29)28-14-12-18(13-15-28)24(31)32-5-2/h6-9,16,18H,4-5,10-15H2,1-3H3,(H,25,27,30). The van der Waals surface area contributed by atoms with Gasteiger partial charge in [-0.3, -0.25) is 14.4 Å². The quantitative estimate of drug-likeness (QED) is 0.577. The third kappa shape index (κ3) is 6.63. The van der Waals surface area contributed by atoms with Crippen LogP contribution < -0.4 is 10.3 Å². The summed E-state index contributed by atoms with van der Waals surface area (Å²) in [4.78, 5) is 41.3. The lowest BCUT2D eigenvalue weighted by Crippen LogP contribution is -2.40. The van der Waals surface area contributed by atoms with Crippen LogP contribution >= 0.6 is 0 Å². The Balaban J connectivity index is 1.53. The van der Waals surface area contributed by atoms with Crippen molar-refractivity contribution in [2.24, 2.45) is 5.92 Å². The first-order valence-electron chi connectivity index (χ1n) is 11.6. The zero-order valence-corrected chi connectivity index (χ0v) is 19.5. The Hall–Kier alpha value is -3.23. The largest absolute Gasteiger partial charge is 0.491 e. The zero-order valence-electron chi connectivity index (χ0n) is 19.5. The molecule has 3 rings (SSSR count). The summed E-state index contributed by atoms with van der Waals surface area (Å²) in [6, 6.07) is 7.31. The van der Waals surface area contributed by atoms with Gasteiger partial charge in [-0.25, -0.2) is 0 Å². The van der Waals surface area contributed by atoms with Crippen molar-refractivity contribution in [1.29, 1.82) is 0 Å². The van der Waals surface area contributed by atoms with E-state index < -0.39 is 0 Å². The number of nitrogens with zero attached hydrogens (tertiary/aromatic N) is 3. The molecular weight excluding hydrogens is 424 g/mol. The number of nitrogens with one attached hydrogen (secondary N) is 1. The highest BCUT2D eigenvalue weighted by atomic mass is 16.5. The van der Waals surface area contributed by atoms with Crippen LogP contribution in [-0.2, 0) is 20.7 Å². The van der Waals surface area contributed by atoms with Gasteiger partial charge < -0.3 is 19.4 Å². The van der Waals surface area contributed by atoms with E-state index in [2.05, 4.69) is 22.1 Å². The van der Waals surface area contributed by atoms with Crippen molar-refractivity contribution in [2.45, 2.75) is 59.0 Å². The Labute approximate surface area is 193 Å². The second-order valence-corrected chi connectivity index (χ2v) is 8.22. The van der Waals surface area contributed by atoms with Gasteiger partial charge in [0.1, 0.15) is 11.4 Å². The second-order valence-electron chi connectivity index (χ2n) is 8.22. The SMILES string of the molecule is CCOC(=O)C1CCN(C(=O)CCc2nnc(-c3ccc(OC(C)CC)cc3)[nH]c2=O)CC1. The highest BCUT2D eigenvalue weighted by Gasteiger charge is 2.28. The minimum atomic E-state index is -0.353. The van der Waals surface area contributed by atoms with Crippen LogP contribution in [0, 0.1) is 5.92 Å². The fourth-order valence-corrected chi connectivity index (χ4v) is 3.67. The highest BCUT2D eigenvalue weighted by molar-refractivity contribution is 5.77. The van der Waals surface area contributed by atoms with Crippen LogP contribution in [0.4, 0.5) is 0 Å². The Morgan fingerprint density at radius 2 is 1.85 bits per heavy atom. The predicted octanol–water partition coefficient (Wildman–Crippen LogP) is 2.74. The molecule has 0 saturated carbocycles. The Morgan fingerprint density at radius 3 is 2.45 bits per heavy atom. The van der Waals surface area contributed by atoms with Gasteiger partial charge in [0.15, 0.2) is 5.82 Å². The molecule has 1 atom stereocenters. The maximum Gasteiger partial charge on any atom is 0.309 e. The molecule has 1 fully saturated rings. The van der Waals surface area contributed by atoms with E-state index in [1.54, 1.807) is 11.8 Å². The number of rotatable bonds is 9. The summed E-state index contributed by atoms with van der Waals surface area (Å²) in [5.41, 5.74) is 0.599. The molecule has 1 aliphatic heterocycles. The van der Waals surface area contributed by atoms with Crippen molar-refractivity contribution in [3.05, 3.63) is 40.3 Å². The van der Waals surface area contributed by atoms with Crippen molar-refractivity contribution in [3.63, 3.8) is 0 Å². The van der Waals surface area contributed by atoms with Gasteiger partial charge in [0, 0.05) is 31.5 Å². The molecule has 0 radical (unpaired) electrons. The average Bonchev–Trinajstić information content (AvgIpc) is 2.83. The van der Waals surface area contributed by atoms with Gasteiger partial charge in [-0.1, -0.05) is 6.92 Å². The normalized spacial score (nSPS) is 15.2. The van der Waals surface area contributed by atoms with E-state index in [9.17, 15) is 14.4 Å². The molecule has 1 aromatic carbocycles. The number of aromatic amines is 1. The summed E-state index contributed by atoms with van der Waals surface area (Å²) in [6.45, 7) is 7.24. The lowest BCUT2D eigenvalue weighted by Gasteiger charge is -2.30. The van der Waals surface area contributed by atoms with Crippen molar-refractivity contribution in [3.8, 4) is 17.1 Å². The fraction of sp³-hybridized carbons (Fsp3) is 0.542. The van der Waals surface area contributed by atoms with Gasteiger partial charge in [-0.05, 0) is 57.4 Å². The summed E-state index contributed by atoms with van der Waals surface area (Å²) in [7, 11) is 0. The number of piperidine rings is 1. The number of esters is 1. The molecule has 1 amide bonds. The first kappa shape index (κ1) is 24.4. The number of hydrogen-bond donors (Lipinski definition) is 1. The Kier molecular flexibility index (Phi) is 8.57. The van der Waals surface area contributed by atoms with Crippen LogP contribution in [-0.4, -0.2) is 57.8 Å². The fourth-order valence-electron chi connectivity index (χ4n) is 3.67. The minimum absolute atomic E-state index is 0.0560. The number of H-pyrrole nitrogens is 1. The van der Waals surface area contributed by atoms with Gasteiger partial charge >= 0.3 is 5.97 Å². The first-order valence-corrected chi connectivity index (χ1v) is 11.6. The maximum atomic E-state index is 12.5. The van der Waals surface area contributed by atoms with Gasteiger partial charge in [0.05, 0.1) is 18.6 Å². The predicted molar refractivity (Wildman–Crippen MR) is 123 cm³/mol. The molecule has 9 nitrogen and oxygen atoms in total. The van der Waals surface area contributed by atoms with Crippen LogP contribution in [0.5, 0.6) is 5.75 Å². The summed E-state index contributed by atoms with van der Waals surface area (Å²) < 4.78 is 10.8. The van der Waals surface area contributed by atoms with Crippen molar-refractivity contribution in [2.75, 3.05) is 19.7 Å². The van der Waals surface area contributed by atoms with E-state index in [1.165, 1.54) is 0 Å². The van der Waals surface area contributed by atoms with Crippen LogP contribution in [0.2, 0.25) is 0 Å². The molecular formula is C24H32N4O5. The molecule has 2 aromatic rings. The molecule has 0 bridgehead atoms. The number of carbonyl (C=O) groups is 2. The Bertz CT molecular complexity index is 997. The van der Waals surface area contributed by atoms with Gasteiger partial charge in [0.2, 0.25) is 5.91 Å². The number of aromatic nitrogens is 3. The smallest absolute Gasteiger partial charge is 0.309 e.